The van der Waals surface area contributed by atoms with Gasteiger partial charge in [0.1, 0.15) is 0 Å². The third kappa shape index (κ3) is 2.79. The predicted molar refractivity (Wildman–Crippen MR) is 53.7 cm³/mol. The standard InChI is InChI=1S/C8H15N3S/c1-3-4-10-5-7-6-12-8(9-2)11-7/h6,10H,3-5H2,1-2H3,(H,9,11). The number of rotatable bonds is 5. The molecular formula is C8H15N3S. The Morgan fingerprint density at radius 1 is 1.58 bits per heavy atom. The lowest BCUT2D eigenvalue weighted by Gasteiger charge is -1.97. The van der Waals surface area contributed by atoms with Gasteiger partial charge in [-0.2, -0.15) is 0 Å². The topological polar surface area (TPSA) is 37.0 Å². The van der Waals surface area contributed by atoms with Gasteiger partial charge in [0, 0.05) is 19.0 Å². The summed E-state index contributed by atoms with van der Waals surface area (Å²) in [7, 11) is 1.89. The van der Waals surface area contributed by atoms with Gasteiger partial charge in [0.15, 0.2) is 5.13 Å². The Kier molecular flexibility index (Phi) is 4.04. The minimum Gasteiger partial charge on any atom is -0.365 e. The van der Waals surface area contributed by atoms with Crippen LogP contribution < -0.4 is 10.6 Å². The van der Waals surface area contributed by atoms with Crippen LogP contribution in [0.5, 0.6) is 0 Å². The third-order valence-corrected chi connectivity index (χ3v) is 2.41. The molecule has 0 bridgehead atoms. The SMILES string of the molecule is CCCNCc1csc(NC)n1. The highest BCUT2D eigenvalue weighted by atomic mass is 32.1. The van der Waals surface area contributed by atoms with Gasteiger partial charge >= 0.3 is 0 Å². The van der Waals surface area contributed by atoms with E-state index >= 15 is 0 Å². The maximum atomic E-state index is 4.35. The molecule has 0 amide bonds. The molecule has 1 aromatic rings. The predicted octanol–water partition coefficient (Wildman–Crippen LogP) is 1.68. The summed E-state index contributed by atoms with van der Waals surface area (Å²) in [5, 5.41) is 9.39. The molecule has 0 aromatic carbocycles. The van der Waals surface area contributed by atoms with Crippen molar-refractivity contribution in [2.24, 2.45) is 0 Å². The smallest absolute Gasteiger partial charge is 0.182 e. The molecule has 12 heavy (non-hydrogen) atoms. The van der Waals surface area contributed by atoms with Crippen LogP contribution in [-0.2, 0) is 6.54 Å². The van der Waals surface area contributed by atoms with Crippen molar-refractivity contribution in [3.63, 3.8) is 0 Å². The molecule has 1 heterocycles. The summed E-state index contributed by atoms with van der Waals surface area (Å²) in [6, 6.07) is 0. The van der Waals surface area contributed by atoms with Gasteiger partial charge in [0.25, 0.3) is 0 Å². The molecular weight excluding hydrogens is 170 g/mol. The van der Waals surface area contributed by atoms with E-state index < -0.39 is 0 Å². The van der Waals surface area contributed by atoms with E-state index in [4.69, 9.17) is 0 Å². The maximum Gasteiger partial charge on any atom is 0.182 e. The fraction of sp³-hybridized carbons (Fsp3) is 0.625. The highest BCUT2D eigenvalue weighted by Crippen LogP contribution is 2.13. The minimum absolute atomic E-state index is 0.881. The molecule has 0 atom stereocenters. The summed E-state index contributed by atoms with van der Waals surface area (Å²) in [5.74, 6) is 0. The first kappa shape index (κ1) is 9.48. The maximum absolute atomic E-state index is 4.35. The van der Waals surface area contributed by atoms with Crippen molar-refractivity contribution < 1.29 is 0 Å². The molecule has 0 fully saturated rings. The van der Waals surface area contributed by atoms with E-state index in [9.17, 15) is 0 Å². The molecule has 0 spiro atoms. The summed E-state index contributed by atoms with van der Waals surface area (Å²) >= 11 is 1.65. The molecule has 0 aliphatic heterocycles. The van der Waals surface area contributed by atoms with E-state index in [-0.39, 0.29) is 0 Å². The first-order valence-electron chi connectivity index (χ1n) is 4.19. The lowest BCUT2D eigenvalue weighted by molar-refractivity contribution is 0.667. The molecule has 1 aromatic heterocycles. The Morgan fingerprint density at radius 2 is 2.42 bits per heavy atom. The lowest BCUT2D eigenvalue weighted by Crippen LogP contribution is -2.13. The van der Waals surface area contributed by atoms with Gasteiger partial charge in [-0.05, 0) is 13.0 Å². The van der Waals surface area contributed by atoms with E-state index in [1.165, 1.54) is 6.42 Å². The Bertz CT molecular complexity index is 222. The number of hydrogen-bond acceptors (Lipinski definition) is 4. The largest absolute Gasteiger partial charge is 0.365 e. The van der Waals surface area contributed by atoms with Gasteiger partial charge in [-0.15, -0.1) is 11.3 Å². The van der Waals surface area contributed by atoms with Crippen LogP contribution in [0.3, 0.4) is 0 Å². The average molecular weight is 185 g/mol. The molecule has 0 radical (unpaired) electrons. The van der Waals surface area contributed by atoms with Gasteiger partial charge in [-0.25, -0.2) is 4.98 Å². The Morgan fingerprint density at radius 3 is 3.00 bits per heavy atom. The fourth-order valence-electron chi connectivity index (χ4n) is 0.896. The van der Waals surface area contributed by atoms with Gasteiger partial charge in [-0.1, -0.05) is 6.92 Å². The zero-order chi connectivity index (χ0) is 8.81. The summed E-state index contributed by atoms with van der Waals surface area (Å²) in [6.45, 7) is 4.10. The van der Waals surface area contributed by atoms with Crippen LogP contribution in [0, 0.1) is 0 Å². The molecule has 0 aliphatic carbocycles. The second kappa shape index (κ2) is 5.11. The van der Waals surface area contributed by atoms with E-state index in [1.54, 1.807) is 11.3 Å². The molecule has 0 aliphatic rings. The van der Waals surface area contributed by atoms with Gasteiger partial charge in [0.2, 0.25) is 0 Å². The van der Waals surface area contributed by atoms with Crippen molar-refractivity contribution >= 4 is 16.5 Å². The van der Waals surface area contributed by atoms with E-state index in [0.717, 1.165) is 23.9 Å². The van der Waals surface area contributed by atoms with E-state index in [2.05, 4.69) is 27.9 Å². The van der Waals surface area contributed by atoms with Crippen LogP contribution in [0.4, 0.5) is 5.13 Å². The fourth-order valence-corrected chi connectivity index (χ4v) is 1.57. The molecule has 2 N–H and O–H groups in total. The van der Waals surface area contributed by atoms with Crippen LogP contribution in [0.2, 0.25) is 0 Å². The molecule has 1 rings (SSSR count). The van der Waals surface area contributed by atoms with Crippen LogP contribution >= 0.6 is 11.3 Å². The number of thiazole rings is 1. The van der Waals surface area contributed by atoms with Gasteiger partial charge in [-0.3, -0.25) is 0 Å². The minimum atomic E-state index is 0.881. The number of aromatic nitrogens is 1. The van der Waals surface area contributed by atoms with Crippen molar-refractivity contribution in [2.75, 3.05) is 18.9 Å². The average Bonchev–Trinajstić information content (AvgIpc) is 2.53. The zero-order valence-corrected chi connectivity index (χ0v) is 8.37. The van der Waals surface area contributed by atoms with Crippen molar-refractivity contribution in [3.8, 4) is 0 Å². The number of nitrogens with zero attached hydrogens (tertiary/aromatic N) is 1. The number of hydrogen-bond donors (Lipinski definition) is 2. The Labute approximate surface area is 77.2 Å². The Balaban J connectivity index is 2.31. The summed E-state index contributed by atoms with van der Waals surface area (Å²) in [4.78, 5) is 4.35. The highest BCUT2D eigenvalue weighted by molar-refractivity contribution is 7.13. The van der Waals surface area contributed by atoms with Crippen LogP contribution in [0.1, 0.15) is 19.0 Å². The first-order valence-corrected chi connectivity index (χ1v) is 5.07. The van der Waals surface area contributed by atoms with Crippen molar-refractivity contribution in [2.45, 2.75) is 19.9 Å². The monoisotopic (exact) mass is 185 g/mol. The van der Waals surface area contributed by atoms with Crippen molar-refractivity contribution in [3.05, 3.63) is 11.1 Å². The molecule has 0 saturated heterocycles. The summed E-state index contributed by atoms with van der Waals surface area (Å²) < 4.78 is 0. The molecule has 68 valence electrons. The molecule has 0 saturated carbocycles. The highest BCUT2D eigenvalue weighted by Gasteiger charge is 1.97. The molecule has 4 heteroatoms. The number of nitrogens with one attached hydrogen (secondary N) is 2. The quantitative estimate of drug-likeness (QED) is 0.685. The molecule has 0 unspecified atom stereocenters. The van der Waals surface area contributed by atoms with Crippen molar-refractivity contribution in [1.82, 2.24) is 10.3 Å². The summed E-state index contributed by atoms with van der Waals surface area (Å²) in [5.41, 5.74) is 1.12. The van der Waals surface area contributed by atoms with E-state index in [1.807, 2.05) is 7.05 Å². The normalized spacial score (nSPS) is 10.2. The van der Waals surface area contributed by atoms with Crippen LogP contribution in [0.25, 0.3) is 0 Å². The Hall–Kier alpha value is -0.610. The van der Waals surface area contributed by atoms with Crippen LogP contribution in [0.15, 0.2) is 5.38 Å². The zero-order valence-electron chi connectivity index (χ0n) is 7.55. The van der Waals surface area contributed by atoms with E-state index in [0.29, 0.717) is 0 Å². The second-order valence-corrected chi connectivity index (χ2v) is 3.43. The lowest BCUT2D eigenvalue weighted by atomic mass is 10.4. The van der Waals surface area contributed by atoms with Gasteiger partial charge in [0.05, 0.1) is 5.69 Å². The number of anilines is 1. The first-order chi connectivity index (χ1) is 5.86. The van der Waals surface area contributed by atoms with Gasteiger partial charge < -0.3 is 10.6 Å². The van der Waals surface area contributed by atoms with Crippen molar-refractivity contribution in [1.29, 1.82) is 0 Å². The third-order valence-electron chi connectivity index (χ3n) is 1.50. The summed E-state index contributed by atoms with van der Waals surface area (Å²) in [6.07, 6.45) is 1.17. The second-order valence-electron chi connectivity index (χ2n) is 2.57. The molecule has 3 nitrogen and oxygen atoms in total. The van der Waals surface area contributed by atoms with Crippen LogP contribution in [-0.4, -0.2) is 18.6 Å².